The van der Waals surface area contributed by atoms with Crippen molar-refractivity contribution in [2.45, 2.75) is 13.0 Å². The molecule has 1 atom stereocenters. The molecule has 0 heterocycles. The molecular weight excluding hydrogens is 283 g/mol. The smallest absolute Gasteiger partial charge is 0.250 e. The zero-order chi connectivity index (χ0) is 14.6. The van der Waals surface area contributed by atoms with Crippen molar-refractivity contribution in [3.8, 4) is 0 Å². The molecular formula is C14H18Cl2N2O. The van der Waals surface area contributed by atoms with E-state index in [1.54, 1.807) is 23.1 Å². The second-order valence-electron chi connectivity index (χ2n) is 4.56. The first kappa shape index (κ1) is 16.0. The van der Waals surface area contributed by atoms with Crippen molar-refractivity contribution in [2.75, 3.05) is 25.5 Å². The monoisotopic (exact) mass is 300 g/mol. The number of benzene rings is 1. The predicted molar refractivity (Wildman–Crippen MR) is 82.2 cm³/mol. The highest BCUT2D eigenvalue weighted by Gasteiger charge is 2.18. The normalized spacial score (nSPS) is 12.3. The van der Waals surface area contributed by atoms with Crippen LogP contribution in [0.1, 0.15) is 6.92 Å². The van der Waals surface area contributed by atoms with E-state index >= 15 is 0 Å². The number of likely N-dealkylation sites (N-methyl/N-ethyl adjacent to an activating group) is 1. The zero-order valence-corrected chi connectivity index (χ0v) is 12.9. The Hall–Kier alpha value is -1.03. The van der Waals surface area contributed by atoms with Gasteiger partial charge in [0.05, 0.1) is 10.0 Å². The summed E-state index contributed by atoms with van der Waals surface area (Å²) in [7, 11) is 3.94. The maximum atomic E-state index is 12.0. The zero-order valence-electron chi connectivity index (χ0n) is 11.4. The fourth-order valence-electron chi connectivity index (χ4n) is 1.51. The molecule has 19 heavy (non-hydrogen) atoms. The van der Waals surface area contributed by atoms with Crippen LogP contribution in [-0.4, -0.2) is 37.5 Å². The summed E-state index contributed by atoms with van der Waals surface area (Å²) in [6.45, 7) is 6.13. The molecule has 0 N–H and O–H groups in total. The Kier molecular flexibility index (Phi) is 5.85. The average Bonchev–Trinajstić information content (AvgIpc) is 2.38. The van der Waals surface area contributed by atoms with Crippen LogP contribution in [0.5, 0.6) is 0 Å². The van der Waals surface area contributed by atoms with E-state index in [1.165, 1.54) is 6.08 Å². The van der Waals surface area contributed by atoms with Gasteiger partial charge in [-0.25, -0.2) is 0 Å². The molecule has 3 nitrogen and oxygen atoms in total. The Morgan fingerprint density at radius 2 is 2.00 bits per heavy atom. The maximum absolute atomic E-state index is 12.0. The van der Waals surface area contributed by atoms with Crippen molar-refractivity contribution in [1.29, 1.82) is 0 Å². The number of amides is 1. The van der Waals surface area contributed by atoms with Gasteiger partial charge in [0, 0.05) is 18.3 Å². The van der Waals surface area contributed by atoms with Crippen molar-refractivity contribution in [1.82, 2.24) is 4.90 Å². The van der Waals surface area contributed by atoms with Gasteiger partial charge in [0.15, 0.2) is 0 Å². The summed E-state index contributed by atoms with van der Waals surface area (Å²) in [5.74, 6) is -0.160. The number of halogens is 2. The van der Waals surface area contributed by atoms with Gasteiger partial charge < -0.3 is 9.80 Å². The summed E-state index contributed by atoms with van der Waals surface area (Å²) in [6, 6.07) is 5.35. The van der Waals surface area contributed by atoms with Crippen LogP contribution in [0.3, 0.4) is 0 Å². The summed E-state index contributed by atoms with van der Waals surface area (Å²) in [6.07, 6.45) is 1.30. The van der Waals surface area contributed by atoms with Crippen molar-refractivity contribution in [3.05, 3.63) is 40.9 Å². The van der Waals surface area contributed by atoms with Crippen LogP contribution >= 0.6 is 23.2 Å². The Morgan fingerprint density at radius 1 is 1.37 bits per heavy atom. The quantitative estimate of drug-likeness (QED) is 0.778. The average molecular weight is 301 g/mol. The second kappa shape index (κ2) is 6.94. The van der Waals surface area contributed by atoms with Crippen molar-refractivity contribution < 1.29 is 4.79 Å². The number of hydrogen-bond donors (Lipinski definition) is 0. The second-order valence-corrected chi connectivity index (χ2v) is 5.38. The highest BCUT2D eigenvalue weighted by atomic mass is 35.5. The molecule has 104 valence electrons. The van der Waals surface area contributed by atoms with Crippen LogP contribution < -0.4 is 4.90 Å². The Balaban J connectivity index is 3.06. The number of anilines is 1. The molecule has 0 bridgehead atoms. The highest BCUT2D eigenvalue weighted by Crippen LogP contribution is 2.27. The highest BCUT2D eigenvalue weighted by molar-refractivity contribution is 6.42. The van der Waals surface area contributed by atoms with Crippen molar-refractivity contribution in [2.24, 2.45) is 0 Å². The lowest BCUT2D eigenvalue weighted by Crippen LogP contribution is -2.41. The molecule has 0 fully saturated rings. The number of hydrogen-bond acceptors (Lipinski definition) is 2. The summed E-state index contributed by atoms with van der Waals surface area (Å²) in [5, 5.41) is 0.899. The Bertz CT molecular complexity index is 475. The summed E-state index contributed by atoms with van der Waals surface area (Å²) < 4.78 is 0. The van der Waals surface area contributed by atoms with E-state index in [4.69, 9.17) is 23.2 Å². The minimum Gasteiger partial charge on any atom is -0.307 e. The van der Waals surface area contributed by atoms with Gasteiger partial charge in [-0.3, -0.25) is 4.79 Å². The van der Waals surface area contributed by atoms with Gasteiger partial charge in [0.1, 0.15) is 0 Å². The van der Waals surface area contributed by atoms with Crippen LogP contribution in [0.25, 0.3) is 0 Å². The Labute approximate surface area is 124 Å². The number of nitrogens with zero attached hydrogens (tertiary/aromatic N) is 2. The first-order chi connectivity index (χ1) is 8.86. The molecule has 0 aromatic heterocycles. The van der Waals surface area contributed by atoms with Gasteiger partial charge in [0.2, 0.25) is 5.91 Å². The number of carbonyl (C=O) groups is 1. The molecule has 1 unspecified atom stereocenters. The minimum atomic E-state index is -0.160. The molecule has 1 aromatic carbocycles. The van der Waals surface area contributed by atoms with Gasteiger partial charge in [-0.2, -0.15) is 0 Å². The Morgan fingerprint density at radius 3 is 2.47 bits per heavy atom. The SMILES string of the molecule is C=CC(=O)N(CC(C)N(C)C)c1ccc(Cl)c(Cl)c1. The van der Waals surface area contributed by atoms with E-state index in [2.05, 4.69) is 6.58 Å². The van der Waals surface area contributed by atoms with Crippen molar-refractivity contribution >= 4 is 34.8 Å². The fraction of sp³-hybridized carbons (Fsp3) is 0.357. The standard InChI is InChI=1S/C14H18Cl2N2O/c1-5-14(19)18(9-10(2)17(3)4)11-6-7-12(15)13(16)8-11/h5-8,10H,1,9H2,2-4H3. The van der Waals surface area contributed by atoms with Crippen molar-refractivity contribution in [3.63, 3.8) is 0 Å². The lowest BCUT2D eigenvalue weighted by Gasteiger charge is -2.28. The predicted octanol–water partition coefficient (Wildman–Crippen LogP) is 3.46. The topological polar surface area (TPSA) is 23.6 Å². The number of rotatable bonds is 5. The molecule has 0 saturated carbocycles. The van der Waals surface area contributed by atoms with Crippen LogP contribution in [0.4, 0.5) is 5.69 Å². The molecule has 1 aromatic rings. The molecule has 1 amide bonds. The molecule has 0 saturated heterocycles. The van der Waals surface area contributed by atoms with Gasteiger partial charge in [0.25, 0.3) is 0 Å². The molecule has 0 spiro atoms. The first-order valence-electron chi connectivity index (χ1n) is 5.92. The third kappa shape index (κ3) is 4.23. The third-order valence-electron chi connectivity index (χ3n) is 2.98. The summed E-state index contributed by atoms with van der Waals surface area (Å²) >= 11 is 11.9. The molecule has 1 rings (SSSR count). The summed E-state index contributed by atoms with van der Waals surface area (Å²) in [4.78, 5) is 15.7. The van der Waals surface area contributed by atoms with E-state index in [0.717, 1.165) is 0 Å². The van der Waals surface area contributed by atoms with Crippen LogP contribution in [0.2, 0.25) is 10.0 Å². The van der Waals surface area contributed by atoms with Crippen LogP contribution in [-0.2, 0) is 4.79 Å². The van der Waals surface area contributed by atoms with Gasteiger partial charge in [-0.15, -0.1) is 0 Å². The molecule has 0 aliphatic heterocycles. The maximum Gasteiger partial charge on any atom is 0.250 e. The van der Waals surface area contributed by atoms with Gasteiger partial charge >= 0.3 is 0 Å². The fourth-order valence-corrected chi connectivity index (χ4v) is 1.81. The largest absolute Gasteiger partial charge is 0.307 e. The van der Waals surface area contributed by atoms with Gasteiger partial charge in [-0.05, 0) is 45.3 Å². The van der Waals surface area contributed by atoms with Crippen LogP contribution in [0.15, 0.2) is 30.9 Å². The summed E-state index contributed by atoms with van der Waals surface area (Å²) in [5.41, 5.74) is 0.716. The van der Waals surface area contributed by atoms with Gasteiger partial charge in [-0.1, -0.05) is 29.8 Å². The molecule has 0 radical (unpaired) electrons. The third-order valence-corrected chi connectivity index (χ3v) is 3.72. The van der Waals surface area contributed by atoms with E-state index in [-0.39, 0.29) is 11.9 Å². The molecule has 0 aliphatic carbocycles. The lowest BCUT2D eigenvalue weighted by molar-refractivity contribution is -0.114. The lowest BCUT2D eigenvalue weighted by atomic mass is 10.2. The molecule has 0 aliphatic rings. The molecule has 5 heteroatoms. The first-order valence-corrected chi connectivity index (χ1v) is 6.67. The van der Waals surface area contributed by atoms with E-state index < -0.39 is 0 Å². The van der Waals surface area contributed by atoms with E-state index in [9.17, 15) is 4.79 Å². The number of carbonyl (C=O) groups excluding carboxylic acids is 1. The van der Waals surface area contributed by atoms with E-state index in [1.807, 2.05) is 25.9 Å². The minimum absolute atomic E-state index is 0.160. The van der Waals surface area contributed by atoms with E-state index in [0.29, 0.717) is 22.3 Å². The van der Waals surface area contributed by atoms with Crippen LogP contribution in [0, 0.1) is 0 Å².